The van der Waals surface area contributed by atoms with E-state index in [1.165, 1.54) is 6.92 Å². The molecular formula is C16H15BrN2O2. The van der Waals surface area contributed by atoms with Gasteiger partial charge >= 0.3 is 6.03 Å². The second-order valence-corrected chi connectivity index (χ2v) is 5.55. The van der Waals surface area contributed by atoms with Gasteiger partial charge in [0.25, 0.3) is 0 Å². The molecule has 0 saturated carbocycles. The molecule has 0 aliphatic carbocycles. The van der Waals surface area contributed by atoms with Gasteiger partial charge in [0.15, 0.2) is 5.78 Å². The minimum Gasteiger partial charge on any atom is -0.308 e. The molecule has 0 aromatic heterocycles. The first-order chi connectivity index (χ1) is 9.95. The number of hydrogen-bond acceptors (Lipinski definition) is 2. The van der Waals surface area contributed by atoms with Gasteiger partial charge in [-0.1, -0.05) is 18.2 Å². The Labute approximate surface area is 131 Å². The number of benzene rings is 2. The smallest absolute Gasteiger partial charge is 0.308 e. The van der Waals surface area contributed by atoms with Crippen molar-refractivity contribution in [3.05, 3.63) is 58.1 Å². The van der Waals surface area contributed by atoms with Crippen molar-refractivity contribution in [2.75, 3.05) is 10.6 Å². The Morgan fingerprint density at radius 1 is 1.05 bits per heavy atom. The number of nitrogens with one attached hydrogen (secondary N) is 2. The van der Waals surface area contributed by atoms with E-state index in [0.29, 0.717) is 16.9 Å². The van der Waals surface area contributed by atoms with Crippen LogP contribution in [-0.2, 0) is 0 Å². The third-order valence-electron chi connectivity index (χ3n) is 2.90. The average molecular weight is 347 g/mol. The summed E-state index contributed by atoms with van der Waals surface area (Å²) in [6.45, 7) is 3.46. The highest BCUT2D eigenvalue weighted by atomic mass is 79.9. The van der Waals surface area contributed by atoms with Crippen molar-refractivity contribution in [1.29, 1.82) is 0 Å². The minimum atomic E-state index is -0.361. The molecule has 0 bridgehead atoms. The van der Waals surface area contributed by atoms with Crippen LogP contribution in [0.4, 0.5) is 16.2 Å². The summed E-state index contributed by atoms with van der Waals surface area (Å²) in [6.07, 6.45) is 0. The number of halogens is 1. The summed E-state index contributed by atoms with van der Waals surface area (Å²) in [5.41, 5.74) is 2.91. The molecule has 0 fully saturated rings. The molecule has 0 aliphatic heterocycles. The minimum absolute atomic E-state index is 0.0414. The lowest BCUT2D eigenvalue weighted by molar-refractivity contribution is 0.101. The number of anilines is 2. The maximum Gasteiger partial charge on any atom is 0.323 e. The Morgan fingerprint density at radius 2 is 1.81 bits per heavy atom. The molecule has 0 aliphatic rings. The average Bonchev–Trinajstić information content (AvgIpc) is 2.42. The Morgan fingerprint density at radius 3 is 2.48 bits per heavy atom. The third kappa shape index (κ3) is 4.16. The van der Waals surface area contributed by atoms with E-state index in [9.17, 15) is 9.59 Å². The van der Waals surface area contributed by atoms with Crippen LogP contribution in [0.1, 0.15) is 22.8 Å². The lowest BCUT2D eigenvalue weighted by atomic mass is 10.1. The number of aryl methyl sites for hydroxylation is 1. The number of urea groups is 1. The molecule has 0 heterocycles. The van der Waals surface area contributed by atoms with Crippen molar-refractivity contribution in [2.24, 2.45) is 0 Å². The monoisotopic (exact) mass is 346 g/mol. The van der Waals surface area contributed by atoms with Gasteiger partial charge in [-0.15, -0.1) is 0 Å². The first kappa shape index (κ1) is 15.3. The molecule has 0 spiro atoms. The topological polar surface area (TPSA) is 58.2 Å². The molecule has 2 aromatic rings. The van der Waals surface area contributed by atoms with Gasteiger partial charge in [0.05, 0.1) is 5.69 Å². The molecule has 21 heavy (non-hydrogen) atoms. The van der Waals surface area contributed by atoms with Crippen molar-refractivity contribution in [3.63, 3.8) is 0 Å². The van der Waals surface area contributed by atoms with E-state index in [1.807, 2.05) is 25.1 Å². The second-order valence-electron chi connectivity index (χ2n) is 4.70. The lowest BCUT2D eigenvalue weighted by Gasteiger charge is -2.10. The van der Waals surface area contributed by atoms with E-state index in [2.05, 4.69) is 26.6 Å². The van der Waals surface area contributed by atoms with Crippen LogP contribution in [0.3, 0.4) is 0 Å². The highest BCUT2D eigenvalue weighted by Gasteiger charge is 2.07. The molecule has 0 radical (unpaired) electrons. The van der Waals surface area contributed by atoms with Gasteiger partial charge in [-0.3, -0.25) is 4.79 Å². The Balaban J connectivity index is 2.08. The summed E-state index contributed by atoms with van der Waals surface area (Å²) in [4.78, 5) is 23.3. The van der Waals surface area contributed by atoms with Crippen LogP contribution in [0.25, 0.3) is 0 Å². The first-order valence-corrected chi connectivity index (χ1v) is 7.20. The van der Waals surface area contributed by atoms with Gasteiger partial charge < -0.3 is 10.6 Å². The number of Topliss-reactive ketones (excluding diaryl/α,β-unsaturated/α-hetero) is 1. The van der Waals surface area contributed by atoms with Crippen LogP contribution >= 0.6 is 15.9 Å². The number of carbonyl (C=O) groups is 2. The fourth-order valence-electron chi connectivity index (χ4n) is 1.82. The van der Waals surface area contributed by atoms with E-state index in [4.69, 9.17) is 0 Å². The first-order valence-electron chi connectivity index (χ1n) is 6.41. The van der Waals surface area contributed by atoms with E-state index in [-0.39, 0.29) is 11.8 Å². The molecule has 2 amide bonds. The fourth-order valence-corrected chi connectivity index (χ4v) is 2.41. The normalized spacial score (nSPS) is 10.0. The van der Waals surface area contributed by atoms with E-state index in [1.54, 1.807) is 24.3 Å². The zero-order valence-electron chi connectivity index (χ0n) is 11.7. The summed E-state index contributed by atoms with van der Waals surface area (Å²) < 4.78 is 0.815. The molecule has 5 heteroatoms. The molecule has 2 N–H and O–H groups in total. The third-order valence-corrected chi connectivity index (χ3v) is 3.56. The van der Waals surface area contributed by atoms with Gasteiger partial charge in [-0.2, -0.15) is 0 Å². The van der Waals surface area contributed by atoms with Gasteiger partial charge in [0.1, 0.15) is 0 Å². The number of hydrogen-bond donors (Lipinski definition) is 2. The lowest BCUT2D eigenvalue weighted by Crippen LogP contribution is -2.19. The predicted octanol–water partition coefficient (Wildman–Crippen LogP) is 4.60. The quantitative estimate of drug-likeness (QED) is 0.797. The number of rotatable bonds is 3. The Hall–Kier alpha value is -2.14. The van der Waals surface area contributed by atoms with Crippen LogP contribution in [0, 0.1) is 6.92 Å². The predicted molar refractivity (Wildman–Crippen MR) is 88.0 cm³/mol. The standard InChI is InChI=1S/C16H15BrN2O2/c1-10-6-7-15(14(17)8-10)19-16(21)18-13-5-3-4-12(9-13)11(2)20/h3-9H,1-2H3,(H2,18,19,21). The van der Waals surface area contributed by atoms with Crippen molar-refractivity contribution >= 4 is 39.1 Å². The highest BCUT2D eigenvalue weighted by molar-refractivity contribution is 9.10. The molecular weight excluding hydrogens is 332 g/mol. The van der Waals surface area contributed by atoms with Crippen LogP contribution in [0.15, 0.2) is 46.9 Å². The van der Waals surface area contributed by atoms with E-state index < -0.39 is 0 Å². The SMILES string of the molecule is CC(=O)c1cccc(NC(=O)Nc2ccc(C)cc2Br)c1. The van der Waals surface area contributed by atoms with Crippen molar-refractivity contribution in [2.45, 2.75) is 13.8 Å². The maximum absolute atomic E-state index is 12.0. The molecule has 4 nitrogen and oxygen atoms in total. The number of ketones is 1. The Kier molecular flexibility index (Phi) is 4.75. The molecule has 0 atom stereocenters. The zero-order valence-corrected chi connectivity index (χ0v) is 13.3. The summed E-state index contributed by atoms with van der Waals surface area (Å²) in [7, 11) is 0. The van der Waals surface area contributed by atoms with E-state index in [0.717, 1.165) is 10.0 Å². The van der Waals surface area contributed by atoms with Crippen molar-refractivity contribution in [3.8, 4) is 0 Å². The number of amides is 2. The summed E-state index contributed by atoms with van der Waals surface area (Å²) in [5.74, 6) is -0.0414. The van der Waals surface area contributed by atoms with Crippen LogP contribution in [0.5, 0.6) is 0 Å². The van der Waals surface area contributed by atoms with Crippen LogP contribution in [-0.4, -0.2) is 11.8 Å². The molecule has 0 unspecified atom stereocenters. The van der Waals surface area contributed by atoms with Crippen molar-refractivity contribution < 1.29 is 9.59 Å². The Bertz CT molecular complexity index is 698. The van der Waals surface area contributed by atoms with Gasteiger partial charge in [0, 0.05) is 15.7 Å². The largest absolute Gasteiger partial charge is 0.323 e. The van der Waals surface area contributed by atoms with Gasteiger partial charge in [0.2, 0.25) is 0 Å². The van der Waals surface area contributed by atoms with Gasteiger partial charge in [-0.25, -0.2) is 4.79 Å². The molecule has 0 saturated heterocycles. The highest BCUT2D eigenvalue weighted by Crippen LogP contribution is 2.23. The molecule has 108 valence electrons. The van der Waals surface area contributed by atoms with Gasteiger partial charge in [-0.05, 0) is 59.6 Å². The number of carbonyl (C=O) groups excluding carboxylic acids is 2. The van der Waals surface area contributed by atoms with Crippen molar-refractivity contribution in [1.82, 2.24) is 0 Å². The molecule has 2 aromatic carbocycles. The summed E-state index contributed by atoms with van der Waals surface area (Å²) in [6, 6.07) is 12.1. The second kappa shape index (κ2) is 6.54. The summed E-state index contributed by atoms with van der Waals surface area (Å²) in [5, 5.41) is 5.46. The van der Waals surface area contributed by atoms with Crippen LogP contribution < -0.4 is 10.6 Å². The molecule has 2 rings (SSSR count). The zero-order chi connectivity index (χ0) is 15.4. The van der Waals surface area contributed by atoms with Crippen LogP contribution in [0.2, 0.25) is 0 Å². The summed E-state index contributed by atoms with van der Waals surface area (Å²) >= 11 is 3.40. The maximum atomic E-state index is 12.0. The fraction of sp³-hybridized carbons (Fsp3) is 0.125. The van der Waals surface area contributed by atoms with E-state index >= 15 is 0 Å².